The number of nitrogens with zero attached hydrogens (tertiary/aromatic N) is 2. The molecule has 2 aliphatic rings. The molecule has 0 unspecified atom stereocenters. The zero-order valence-electron chi connectivity index (χ0n) is 20.0. The zero-order valence-corrected chi connectivity index (χ0v) is 20.8. The molecule has 1 N–H and O–H groups in total. The summed E-state index contributed by atoms with van der Waals surface area (Å²) in [4.78, 5) is 20.4. The van der Waals surface area contributed by atoms with Crippen LogP contribution in [-0.2, 0) is 4.79 Å². The van der Waals surface area contributed by atoms with Crippen molar-refractivity contribution in [3.63, 3.8) is 0 Å². The van der Waals surface area contributed by atoms with Crippen molar-refractivity contribution in [2.75, 3.05) is 11.4 Å². The molecule has 1 amide bonds. The minimum Gasteiger partial charge on any atom is -0.363 e. The third-order valence-corrected chi connectivity index (χ3v) is 7.10. The van der Waals surface area contributed by atoms with E-state index >= 15 is 0 Å². The van der Waals surface area contributed by atoms with E-state index < -0.39 is 0 Å². The van der Waals surface area contributed by atoms with Crippen LogP contribution in [0.3, 0.4) is 0 Å². The third kappa shape index (κ3) is 4.14. The number of allylic oxidation sites excluding steroid dienone is 1. The third-order valence-electron chi connectivity index (χ3n) is 6.19. The maximum absolute atomic E-state index is 12.7. The van der Waals surface area contributed by atoms with Crippen LogP contribution in [0.1, 0.15) is 55.5 Å². The van der Waals surface area contributed by atoms with E-state index in [0.717, 1.165) is 28.9 Å². The molecule has 166 valence electrons. The van der Waals surface area contributed by atoms with Crippen molar-refractivity contribution in [1.29, 1.82) is 0 Å². The quantitative estimate of drug-likeness (QED) is 0.547. The predicted molar refractivity (Wildman–Crippen MR) is 139 cm³/mol. The molecule has 1 saturated heterocycles. The second kappa shape index (κ2) is 8.28. The summed E-state index contributed by atoms with van der Waals surface area (Å²) in [6.07, 6.45) is 4.32. The number of nitrogens with one attached hydrogen (secondary N) is 1. The van der Waals surface area contributed by atoms with Crippen LogP contribution < -0.4 is 10.2 Å². The number of carbonyl (C=O) groups is 1. The number of aliphatic imine (C=N–C) groups is 1. The molecule has 2 heterocycles. The number of fused-ring (bicyclic) bond motifs is 1. The average molecular weight is 446 g/mol. The molecule has 2 aliphatic heterocycles. The summed E-state index contributed by atoms with van der Waals surface area (Å²) >= 11 is 1.40. The molecule has 4 nitrogen and oxygen atoms in total. The highest BCUT2D eigenvalue weighted by Crippen LogP contribution is 2.41. The van der Waals surface area contributed by atoms with E-state index in [4.69, 9.17) is 0 Å². The molecular weight excluding hydrogens is 414 g/mol. The van der Waals surface area contributed by atoms with E-state index in [2.05, 4.69) is 81.0 Å². The lowest BCUT2D eigenvalue weighted by molar-refractivity contribution is -0.115. The summed E-state index contributed by atoms with van der Waals surface area (Å²) in [6, 6.07) is 10.6. The molecule has 0 saturated carbocycles. The highest BCUT2D eigenvalue weighted by molar-refractivity contribution is 8.18. The van der Waals surface area contributed by atoms with Crippen LogP contribution in [0, 0.1) is 20.8 Å². The fourth-order valence-corrected chi connectivity index (χ4v) is 5.47. The maximum atomic E-state index is 12.7. The standard InChI is InChI=1S/C27H31N3OS/c1-8-30-23-12-17(3)20(13-21(23)19(5)15-27(30,6)7)14-24-25(31)29-26(32-24)28-22-10-9-16(2)11-18(22)4/h9-15H,8H2,1-7H3,(H,28,29,31)/b24-14+. The Labute approximate surface area is 195 Å². The molecule has 2 aromatic rings. The SMILES string of the molecule is CCN1c2cc(C)c(/C=C3/SC(=Nc4ccc(C)cc4C)NC3=O)cc2C(C)=CC1(C)C. The first-order valence-corrected chi connectivity index (χ1v) is 11.9. The van der Waals surface area contributed by atoms with Gasteiger partial charge in [0.05, 0.1) is 16.1 Å². The fraction of sp³-hybridized carbons (Fsp3) is 0.333. The number of benzene rings is 2. The molecule has 5 heteroatoms. The molecule has 0 aliphatic carbocycles. The van der Waals surface area contributed by atoms with Crippen LogP contribution in [-0.4, -0.2) is 23.2 Å². The number of hydrogen-bond acceptors (Lipinski definition) is 4. The van der Waals surface area contributed by atoms with Gasteiger partial charge in [0.15, 0.2) is 5.17 Å². The normalized spacial score (nSPS) is 19.9. The monoisotopic (exact) mass is 445 g/mol. The van der Waals surface area contributed by atoms with Crippen LogP contribution in [0.15, 0.2) is 46.3 Å². The van der Waals surface area contributed by atoms with Crippen LogP contribution in [0.4, 0.5) is 11.4 Å². The van der Waals surface area contributed by atoms with Gasteiger partial charge in [0.1, 0.15) is 0 Å². The zero-order chi connectivity index (χ0) is 23.2. The van der Waals surface area contributed by atoms with E-state index in [1.807, 2.05) is 25.1 Å². The second-order valence-electron chi connectivity index (χ2n) is 9.22. The van der Waals surface area contributed by atoms with Gasteiger partial charge in [0.2, 0.25) is 0 Å². The van der Waals surface area contributed by atoms with E-state index in [9.17, 15) is 4.79 Å². The number of carbonyl (C=O) groups excluding carboxylic acids is 1. The number of amides is 1. The van der Waals surface area contributed by atoms with Gasteiger partial charge < -0.3 is 10.2 Å². The smallest absolute Gasteiger partial charge is 0.264 e. The molecule has 0 aromatic heterocycles. The Kier molecular flexibility index (Phi) is 5.80. The van der Waals surface area contributed by atoms with Gasteiger partial charge in [-0.25, -0.2) is 4.99 Å². The minimum absolute atomic E-state index is 0.0150. The topological polar surface area (TPSA) is 44.7 Å². The van der Waals surface area contributed by atoms with E-state index in [0.29, 0.717) is 10.1 Å². The summed E-state index contributed by atoms with van der Waals surface area (Å²) in [5, 5.41) is 3.54. The van der Waals surface area contributed by atoms with E-state index in [-0.39, 0.29) is 11.4 Å². The number of amidine groups is 1. The Bertz CT molecular complexity index is 1200. The average Bonchev–Trinajstić information content (AvgIpc) is 3.04. The van der Waals surface area contributed by atoms with Crippen LogP contribution >= 0.6 is 11.8 Å². The van der Waals surface area contributed by atoms with Gasteiger partial charge in [-0.3, -0.25) is 4.79 Å². The van der Waals surface area contributed by atoms with Crippen molar-refractivity contribution in [3.05, 3.63) is 69.1 Å². The molecule has 0 spiro atoms. The molecule has 32 heavy (non-hydrogen) atoms. The number of thioether (sulfide) groups is 1. The molecule has 0 bridgehead atoms. The molecule has 2 aromatic carbocycles. The summed E-state index contributed by atoms with van der Waals surface area (Å²) in [5.74, 6) is -0.0979. The molecule has 0 atom stereocenters. The van der Waals surface area contributed by atoms with Gasteiger partial charge in [-0.15, -0.1) is 0 Å². The van der Waals surface area contributed by atoms with E-state index in [1.54, 1.807) is 0 Å². The van der Waals surface area contributed by atoms with Gasteiger partial charge in [-0.1, -0.05) is 23.8 Å². The lowest BCUT2D eigenvalue weighted by Gasteiger charge is -2.43. The molecule has 1 fully saturated rings. The van der Waals surface area contributed by atoms with E-state index in [1.165, 1.54) is 34.1 Å². The van der Waals surface area contributed by atoms with Gasteiger partial charge in [0.25, 0.3) is 5.91 Å². The van der Waals surface area contributed by atoms with Crippen molar-refractivity contribution in [3.8, 4) is 0 Å². The summed E-state index contributed by atoms with van der Waals surface area (Å²) < 4.78 is 0. The van der Waals surface area contributed by atoms with Crippen molar-refractivity contribution < 1.29 is 4.79 Å². The van der Waals surface area contributed by atoms with Gasteiger partial charge >= 0.3 is 0 Å². The highest BCUT2D eigenvalue weighted by Gasteiger charge is 2.31. The fourth-order valence-electron chi connectivity index (χ4n) is 4.64. The maximum Gasteiger partial charge on any atom is 0.264 e. The Balaban J connectivity index is 1.68. The number of aryl methyl sites for hydroxylation is 3. The first kappa shape index (κ1) is 22.4. The minimum atomic E-state index is -0.0979. The van der Waals surface area contributed by atoms with Crippen molar-refractivity contribution >= 4 is 45.9 Å². The number of hydrogen-bond donors (Lipinski definition) is 1. The van der Waals surface area contributed by atoms with Crippen LogP contribution in [0.2, 0.25) is 0 Å². The molecule has 0 radical (unpaired) electrons. The Hall–Kier alpha value is -2.79. The van der Waals surface area contributed by atoms with Crippen molar-refractivity contribution in [2.24, 2.45) is 4.99 Å². The van der Waals surface area contributed by atoms with Crippen molar-refractivity contribution in [2.45, 2.75) is 54.0 Å². The Morgan fingerprint density at radius 2 is 1.84 bits per heavy atom. The number of anilines is 1. The van der Waals surface area contributed by atoms with Gasteiger partial charge in [-0.05, 0) is 107 Å². The predicted octanol–water partition coefficient (Wildman–Crippen LogP) is 6.53. The lowest BCUT2D eigenvalue weighted by atomic mass is 9.87. The number of likely N-dealkylation sites (N-methyl/N-ethyl adjacent to an activating group) is 1. The Morgan fingerprint density at radius 1 is 1.09 bits per heavy atom. The van der Waals surface area contributed by atoms with Crippen molar-refractivity contribution in [1.82, 2.24) is 5.32 Å². The van der Waals surface area contributed by atoms with Gasteiger partial charge in [0, 0.05) is 17.8 Å². The number of rotatable bonds is 3. The summed E-state index contributed by atoms with van der Waals surface area (Å²) in [5.41, 5.74) is 9.16. The first-order chi connectivity index (χ1) is 15.1. The molecular formula is C27H31N3OS. The summed E-state index contributed by atoms with van der Waals surface area (Å²) in [6.45, 7) is 16.0. The highest BCUT2D eigenvalue weighted by atomic mass is 32.2. The molecule has 4 rings (SSSR count). The van der Waals surface area contributed by atoms with Crippen LogP contribution in [0.25, 0.3) is 11.6 Å². The first-order valence-electron chi connectivity index (χ1n) is 11.1. The Morgan fingerprint density at radius 3 is 2.53 bits per heavy atom. The lowest BCUT2D eigenvalue weighted by Crippen LogP contribution is -2.44. The van der Waals surface area contributed by atoms with Gasteiger partial charge in [-0.2, -0.15) is 0 Å². The summed E-state index contributed by atoms with van der Waals surface area (Å²) in [7, 11) is 0. The van der Waals surface area contributed by atoms with Crippen LogP contribution in [0.5, 0.6) is 0 Å². The largest absolute Gasteiger partial charge is 0.363 e. The second-order valence-corrected chi connectivity index (χ2v) is 10.3.